The van der Waals surface area contributed by atoms with E-state index in [4.69, 9.17) is 14.2 Å². The third-order valence-electron chi connectivity index (χ3n) is 6.34. The molecule has 0 spiro atoms. The Morgan fingerprint density at radius 1 is 0.968 bits per heavy atom. The van der Waals surface area contributed by atoms with E-state index in [-0.39, 0.29) is 5.91 Å². The lowest BCUT2D eigenvalue weighted by molar-refractivity contribution is -0.228. The standard InChI is InChI=1S/C26H33NO4/c1-26(18-30-24(31-19-26)22-10-6-3-7-11-22)25(28)27-16-17-29-23-14-12-21(13-15-23)20-8-4-2-5-9-20/h3,6-7,10-15,20,24H,2,4-5,8-9,16-19H2,1H3,(H,27,28). The Labute approximate surface area is 185 Å². The van der Waals surface area contributed by atoms with E-state index in [1.165, 1.54) is 37.7 Å². The minimum Gasteiger partial charge on any atom is -0.492 e. The molecule has 5 nitrogen and oxygen atoms in total. The molecular weight excluding hydrogens is 390 g/mol. The van der Waals surface area contributed by atoms with Crippen molar-refractivity contribution in [2.75, 3.05) is 26.4 Å². The predicted octanol–water partition coefficient (Wildman–Crippen LogP) is 4.98. The van der Waals surface area contributed by atoms with Crippen LogP contribution in [0.5, 0.6) is 5.75 Å². The highest BCUT2D eigenvalue weighted by Crippen LogP contribution is 2.33. The maximum atomic E-state index is 12.7. The van der Waals surface area contributed by atoms with Gasteiger partial charge >= 0.3 is 0 Å². The molecule has 0 bridgehead atoms. The van der Waals surface area contributed by atoms with E-state index in [1.54, 1.807) is 0 Å². The molecule has 1 saturated heterocycles. The molecule has 2 fully saturated rings. The average Bonchev–Trinajstić information content (AvgIpc) is 2.84. The smallest absolute Gasteiger partial charge is 0.230 e. The molecule has 166 valence electrons. The van der Waals surface area contributed by atoms with Crippen molar-refractivity contribution in [2.24, 2.45) is 5.41 Å². The number of ether oxygens (including phenoxy) is 3. The van der Waals surface area contributed by atoms with Gasteiger partial charge in [0.05, 0.1) is 25.2 Å². The van der Waals surface area contributed by atoms with Crippen LogP contribution in [0.3, 0.4) is 0 Å². The Bertz CT molecular complexity index is 822. The molecule has 1 N–H and O–H groups in total. The molecule has 1 heterocycles. The topological polar surface area (TPSA) is 56.8 Å². The van der Waals surface area contributed by atoms with Crippen LogP contribution in [0.2, 0.25) is 0 Å². The largest absolute Gasteiger partial charge is 0.492 e. The molecule has 1 aliphatic heterocycles. The molecule has 0 radical (unpaired) electrons. The Morgan fingerprint density at radius 2 is 1.65 bits per heavy atom. The molecule has 2 aromatic rings. The lowest BCUT2D eigenvalue weighted by Crippen LogP contribution is -2.49. The number of hydrogen-bond acceptors (Lipinski definition) is 4. The summed E-state index contributed by atoms with van der Waals surface area (Å²) in [5, 5.41) is 2.96. The van der Waals surface area contributed by atoms with Crippen molar-refractivity contribution in [3.8, 4) is 5.75 Å². The first-order valence-corrected chi connectivity index (χ1v) is 11.4. The number of amides is 1. The molecule has 0 atom stereocenters. The van der Waals surface area contributed by atoms with Crippen LogP contribution < -0.4 is 10.1 Å². The SMILES string of the molecule is CC1(C(=O)NCCOc2ccc(C3CCCCC3)cc2)COC(c2ccccc2)OC1. The zero-order valence-electron chi connectivity index (χ0n) is 18.3. The van der Waals surface area contributed by atoms with Gasteiger partial charge in [-0.05, 0) is 43.4 Å². The Hall–Kier alpha value is -2.37. The molecule has 2 aromatic carbocycles. The van der Waals surface area contributed by atoms with Crippen LogP contribution >= 0.6 is 0 Å². The fraction of sp³-hybridized carbons (Fsp3) is 0.500. The molecule has 1 saturated carbocycles. The molecule has 0 unspecified atom stereocenters. The number of carbonyl (C=O) groups is 1. The number of rotatable bonds is 7. The summed E-state index contributed by atoms with van der Waals surface area (Å²) in [4.78, 5) is 12.7. The van der Waals surface area contributed by atoms with Crippen LogP contribution in [0.25, 0.3) is 0 Å². The van der Waals surface area contributed by atoms with Gasteiger partial charge in [-0.25, -0.2) is 0 Å². The summed E-state index contributed by atoms with van der Waals surface area (Å²) in [6, 6.07) is 18.2. The second kappa shape index (κ2) is 10.3. The quantitative estimate of drug-likeness (QED) is 0.638. The minimum absolute atomic E-state index is 0.0738. The second-order valence-corrected chi connectivity index (χ2v) is 8.93. The molecule has 5 heteroatoms. The van der Waals surface area contributed by atoms with Crippen molar-refractivity contribution in [3.05, 3.63) is 65.7 Å². The summed E-state index contributed by atoms with van der Waals surface area (Å²) >= 11 is 0. The van der Waals surface area contributed by atoms with E-state index in [1.807, 2.05) is 49.4 Å². The fourth-order valence-corrected chi connectivity index (χ4v) is 4.36. The highest BCUT2D eigenvalue weighted by Gasteiger charge is 2.39. The minimum atomic E-state index is -0.701. The first-order chi connectivity index (χ1) is 15.1. The lowest BCUT2D eigenvalue weighted by atomic mass is 9.84. The number of nitrogens with one attached hydrogen (secondary N) is 1. The second-order valence-electron chi connectivity index (χ2n) is 8.93. The number of benzene rings is 2. The van der Waals surface area contributed by atoms with Gasteiger partial charge in [0.2, 0.25) is 5.91 Å². The Balaban J connectivity index is 1.18. The zero-order chi connectivity index (χ0) is 21.5. The first-order valence-electron chi connectivity index (χ1n) is 11.4. The van der Waals surface area contributed by atoms with Crippen molar-refractivity contribution in [1.29, 1.82) is 0 Å². The van der Waals surface area contributed by atoms with Crippen molar-refractivity contribution >= 4 is 5.91 Å². The van der Waals surface area contributed by atoms with Crippen molar-refractivity contribution < 1.29 is 19.0 Å². The van der Waals surface area contributed by atoms with Crippen LogP contribution in [0.15, 0.2) is 54.6 Å². The number of hydrogen-bond donors (Lipinski definition) is 1. The van der Waals surface area contributed by atoms with Gasteiger partial charge in [-0.15, -0.1) is 0 Å². The molecule has 1 amide bonds. The maximum absolute atomic E-state index is 12.7. The van der Waals surface area contributed by atoms with Gasteiger partial charge < -0.3 is 19.5 Å². The Kier molecular flexibility index (Phi) is 7.25. The van der Waals surface area contributed by atoms with Gasteiger partial charge in [-0.2, -0.15) is 0 Å². The summed E-state index contributed by atoms with van der Waals surface area (Å²) in [5.41, 5.74) is 1.68. The van der Waals surface area contributed by atoms with Crippen molar-refractivity contribution in [2.45, 2.75) is 51.2 Å². The van der Waals surface area contributed by atoms with Crippen molar-refractivity contribution in [3.63, 3.8) is 0 Å². The third-order valence-corrected chi connectivity index (χ3v) is 6.34. The highest BCUT2D eigenvalue weighted by atomic mass is 16.7. The van der Waals surface area contributed by atoms with E-state index in [0.717, 1.165) is 11.3 Å². The van der Waals surface area contributed by atoms with E-state index in [9.17, 15) is 4.79 Å². The summed E-state index contributed by atoms with van der Waals surface area (Å²) in [6.45, 7) is 3.39. The van der Waals surface area contributed by atoms with E-state index in [0.29, 0.717) is 32.3 Å². The van der Waals surface area contributed by atoms with Crippen LogP contribution in [-0.4, -0.2) is 32.3 Å². The summed E-state index contributed by atoms with van der Waals surface area (Å²) in [5.74, 6) is 1.47. The van der Waals surface area contributed by atoms with Gasteiger partial charge in [0.25, 0.3) is 0 Å². The van der Waals surface area contributed by atoms with E-state index in [2.05, 4.69) is 17.4 Å². The zero-order valence-corrected chi connectivity index (χ0v) is 18.3. The van der Waals surface area contributed by atoms with E-state index >= 15 is 0 Å². The molecule has 31 heavy (non-hydrogen) atoms. The van der Waals surface area contributed by atoms with Gasteiger partial charge in [-0.1, -0.05) is 61.7 Å². The highest BCUT2D eigenvalue weighted by molar-refractivity contribution is 5.82. The third kappa shape index (κ3) is 5.66. The van der Waals surface area contributed by atoms with Crippen LogP contribution in [0.1, 0.15) is 62.4 Å². The van der Waals surface area contributed by atoms with Gasteiger partial charge in [-0.3, -0.25) is 4.79 Å². The van der Waals surface area contributed by atoms with Gasteiger partial charge in [0.1, 0.15) is 12.4 Å². The van der Waals surface area contributed by atoms with Crippen LogP contribution in [-0.2, 0) is 14.3 Å². The maximum Gasteiger partial charge on any atom is 0.230 e. The van der Waals surface area contributed by atoms with E-state index < -0.39 is 11.7 Å². The van der Waals surface area contributed by atoms with Gasteiger partial charge in [0.15, 0.2) is 6.29 Å². The Morgan fingerprint density at radius 3 is 2.32 bits per heavy atom. The molecular formula is C26H33NO4. The summed E-state index contributed by atoms with van der Waals surface area (Å²) in [6.07, 6.45) is 6.22. The number of carbonyl (C=O) groups excluding carboxylic acids is 1. The predicted molar refractivity (Wildman–Crippen MR) is 120 cm³/mol. The lowest BCUT2D eigenvalue weighted by Gasteiger charge is -2.36. The van der Waals surface area contributed by atoms with Crippen LogP contribution in [0, 0.1) is 5.41 Å². The molecule has 1 aliphatic carbocycles. The van der Waals surface area contributed by atoms with Crippen LogP contribution in [0.4, 0.5) is 0 Å². The summed E-state index contributed by atoms with van der Waals surface area (Å²) < 4.78 is 17.5. The normalized spacial score (nSPS) is 24.5. The van der Waals surface area contributed by atoms with Crippen molar-refractivity contribution in [1.82, 2.24) is 5.32 Å². The first kappa shape index (κ1) is 21.8. The molecule has 2 aliphatic rings. The average molecular weight is 424 g/mol. The summed E-state index contributed by atoms with van der Waals surface area (Å²) in [7, 11) is 0. The fourth-order valence-electron chi connectivity index (χ4n) is 4.36. The molecule has 0 aromatic heterocycles. The monoisotopic (exact) mass is 423 g/mol. The van der Waals surface area contributed by atoms with Gasteiger partial charge in [0, 0.05) is 5.56 Å². The molecule has 4 rings (SSSR count).